The molecule has 0 radical (unpaired) electrons. The molecule has 0 aromatic heterocycles. The minimum atomic E-state index is 0.518. The van der Waals surface area contributed by atoms with Crippen LogP contribution in [0.1, 0.15) is 53.4 Å². The van der Waals surface area contributed by atoms with E-state index in [1.54, 1.807) is 0 Å². The number of hydrogen-bond acceptors (Lipinski definition) is 2. The lowest BCUT2D eigenvalue weighted by Gasteiger charge is -2.32. The lowest BCUT2D eigenvalue weighted by atomic mass is 9.80. The van der Waals surface area contributed by atoms with E-state index in [2.05, 4.69) is 33.0 Å². The van der Waals surface area contributed by atoms with E-state index in [-0.39, 0.29) is 0 Å². The van der Waals surface area contributed by atoms with Gasteiger partial charge in [-0.25, -0.2) is 0 Å². The lowest BCUT2D eigenvalue weighted by Crippen LogP contribution is -2.32. The highest BCUT2D eigenvalue weighted by Crippen LogP contribution is 2.30. The van der Waals surface area contributed by atoms with Gasteiger partial charge in [-0.1, -0.05) is 20.8 Å². The molecule has 2 nitrogen and oxygen atoms in total. The highest BCUT2D eigenvalue weighted by molar-refractivity contribution is 4.75. The van der Waals surface area contributed by atoms with Gasteiger partial charge in [-0.3, -0.25) is 0 Å². The van der Waals surface area contributed by atoms with E-state index in [0.717, 1.165) is 25.0 Å². The van der Waals surface area contributed by atoms with E-state index in [1.165, 1.54) is 25.7 Å². The number of nitrogens with one attached hydrogen (secondary N) is 1. The smallest absolute Gasteiger partial charge is 0.0594 e. The second kappa shape index (κ2) is 7.29. The predicted molar refractivity (Wildman–Crippen MR) is 69.7 cm³/mol. The zero-order valence-corrected chi connectivity index (χ0v) is 11.5. The average Bonchev–Trinajstić information content (AvgIpc) is 2.28. The maximum atomic E-state index is 5.93. The molecule has 2 heteroatoms. The van der Waals surface area contributed by atoms with E-state index in [9.17, 15) is 0 Å². The summed E-state index contributed by atoms with van der Waals surface area (Å²) >= 11 is 0. The van der Waals surface area contributed by atoms with Crippen LogP contribution in [0.4, 0.5) is 0 Å². The van der Waals surface area contributed by atoms with Crippen LogP contribution in [0.5, 0.6) is 0 Å². The van der Waals surface area contributed by atoms with Gasteiger partial charge in [0.05, 0.1) is 12.7 Å². The maximum Gasteiger partial charge on any atom is 0.0594 e. The van der Waals surface area contributed by atoms with Crippen molar-refractivity contribution in [2.75, 3.05) is 13.2 Å². The van der Waals surface area contributed by atoms with Gasteiger partial charge < -0.3 is 10.1 Å². The van der Waals surface area contributed by atoms with Crippen molar-refractivity contribution in [2.24, 2.45) is 11.8 Å². The highest BCUT2D eigenvalue weighted by atomic mass is 16.5. The molecule has 0 aromatic rings. The van der Waals surface area contributed by atoms with Gasteiger partial charge in [0.2, 0.25) is 0 Å². The summed E-state index contributed by atoms with van der Waals surface area (Å²) in [6, 6.07) is 0.619. The second-order valence-electron chi connectivity index (χ2n) is 5.52. The zero-order chi connectivity index (χ0) is 12.0. The van der Waals surface area contributed by atoms with Gasteiger partial charge in [-0.05, 0) is 44.4 Å². The van der Waals surface area contributed by atoms with Gasteiger partial charge >= 0.3 is 0 Å². The molecule has 4 atom stereocenters. The van der Waals surface area contributed by atoms with Gasteiger partial charge in [0, 0.05) is 12.6 Å². The summed E-state index contributed by atoms with van der Waals surface area (Å²) < 4.78 is 5.93. The molecule has 1 saturated carbocycles. The first-order valence-electron chi connectivity index (χ1n) is 6.98. The van der Waals surface area contributed by atoms with Crippen molar-refractivity contribution in [3.8, 4) is 0 Å². The SMILES string of the molecule is CCC(C)NCCOC1CCC(C)C(C)C1. The molecule has 0 saturated heterocycles. The molecule has 96 valence electrons. The molecule has 1 aliphatic rings. The molecule has 1 fully saturated rings. The van der Waals surface area contributed by atoms with Crippen LogP contribution in [0.25, 0.3) is 0 Å². The summed E-state index contributed by atoms with van der Waals surface area (Å²) in [5, 5.41) is 3.47. The molecular formula is C14H29NO. The Morgan fingerprint density at radius 2 is 2.00 bits per heavy atom. The Bertz CT molecular complexity index is 184. The van der Waals surface area contributed by atoms with Crippen molar-refractivity contribution in [3.63, 3.8) is 0 Å². The first kappa shape index (κ1) is 14.0. The summed E-state index contributed by atoms with van der Waals surface area (Å²) in [5.41, 5.74) is 0. The standard InChI is InChI=1S/C14H29NO/c1-5-13(4)15-8-9-16-14-7-6-11(2)12(3)10-14/h11-15H,5-10H2,1-4H3. The van der Waals surface area contributed by atoms with Crippen molar-refractivity contribution >= 4 is 0 Å². The Labute approximate surface area is 101 Å². The van der Waals surface area contributed by atoms with Gasteiger partial charge in [0.15, 0.2) is 0 Å². The summed E-state index contributed by atoms with van der Waals surface area (Å²) in [6.07, 6.45) is 5.56. The Kier molecular flexibility index (Phi) is 6.37. The van der Waals surface area contributed by atoms with Crippen LogP contribution < -0.4 is 5.32 Å². The lowest BCUT2D eigenvalue weighted by molar-refractivity contribution is 0.00372. The molecule has 0 spiro atoms. The van der Waals surface area contributed by atoms with Gasteiger partial charge in [0.1, 0.15) is 0 Å². The summed E-state index contributed by atoms with van der Waals surface area (Å²) in [6.45, 7) is 11.0. The molecule has 1 N–H and O–H groups in total. The molecule has 1 aliphatic carbocycles. The molecular weight excluding hydrogens is 198 g/mol. The third-order valence-corrected chi connectivity index (χ3v) is 4.11. The first-order chi connectivity index (χ1) is 7.63. The molecule has 0 bridgehead atoms. The third-order valence-electron chi connectivity index (χ3n) is 4.11. The molecule has 0 aromatic carbocycles. The maximum absolute atomic E-state index is 5.93. The van der Waals surface area contributed by atoms with E-state index in [0.29, 0.717) is 12.1 Å². The van der Waals surface area contributed by atoms with Crippen LogP contribution in [0.15, 0.2) is 0 Å². The Morgan fingerprint density at radius 3 is 2.62 bits per heavy atom. The minimum Gasteiger partial charge on any atom is -0.377 e. The van der Waals surface area contributed by atoms with Gasteiger partial charge in [-0.2, -0.15) is 0 Å². The van der Waals surface area contributed by atoms with Crippen molar-refractivity contribution in [3.05, 3.63) is 0 Å². The zero-order valence-electron chi connectivity index (χ0n) is 11.5. The molecule has 4 unspecified atom stereocenters. The van der Waals surface area contributed by atoms with Crippen molar-refractivity contribution in [1.29, 1.82) is 0 Å². The predicted octanol–water partition coefficient (Wildman–Crippen LogP) is 3.22. The fraction of sp³-hybridized carbons (Fsp3) is 1.00. The van der Waals surface area contributed by atoms with Crippen LogP contribution in [0, 0.1) is 11.8 Å². The van der Waals surface area contributed by atoms with Gasteiger partial charge in [0.25, 0.3) is 0 Å². The summed E-state index contributed by atoms with van der Waals surface area (Å²) in [7, 11) is 0. The fourth-order valence-corrected chi connectivity index (χ4v) is 2.32. The van der Waals surface area contributed by atoms with Crippen LogP contribution in [-0.2, 0) is 4.74 Å². The Hall–Kier alpha value is -0.0800. The summed E-state index contributed by atoms with van der Waals surface area (Å²) in [5.74, 6) is 1.72. The summed E-state index contributed by atoms with van der Waals surface area (Å²) in [4.78, 5) is 0. The van der Waals surface area contributed by atoms with E-state index >= 15 is 0 Å². The van der Waals surface area contributed by atoms with Crippen molar-refractivity contribution in [1.82, 2.24) is 5.32 Å². The molecule has 0 amide bonds. The van der Waals surface area contributed by atoms with E-state index in [4.69, 9.17) is 4.74 Å². The van der Waals surface area contributed by atoms with Gasteiger partial charge in [-0.15, -0.1) is 0 Å². The van der Waals surface area contributed by atoms with Crippen LogP contribution >= 0.6 is 0 Å². The number of hydrogen-bond donors (Lipinski definition) is 1. The molecule has 0 heterocycles. The first-order valence-corrected chi connectivity index (χ1v) is 6.98. The Balaban J connectivity index is 2.05. The quantitative estimate of drug-likeness (QED) is 0.704. The van der Waals surface area contributed by atoms with Crippen LogP contribution in [-0.4, -0.2) is 25.3 Å². The van der Waals surface area contributed by atoms with E-state index in [1.807, 2.05) is 0 Å². The molecule has 0 aliphatic heterocycles. The van der Waals surface area contributed by atoms with Crippen LogP contribution in [0.3, 0.4) is 0 Å². The topological polar surface area (TPSA) is 21.3 Å². The molecule has 16 heavy (non-hydrogen) atoms. The second-order valence-corrected chi connectivity index (χ2v) is 5.52. The van der Waals surface area contributed by atoms with Crippen molar-refractivity contribution < 1.29 is 4.74 Å². The third kappa shape index (κ3) is 4.84. The fourth-order valence-electron chi connectivity index (χ4n) is 2.32. The minimum absolute atomic E-state index is 0.518. The Morgan fingerprint density at radius 1 is 1.25 bits per heavy atom. The monoisotopic (exact) mass is 227 g/mol. The van der Waals surface area contributed by atoms with Crippen molar-refractivity contribution in [2.45, 2.75) is 65.5 Å². The highest BCUT2D eigenvalue weighted by Gasteiger charge is 2.24. The van der Waals surface area contributed by atoms with Crippen LogP contribution in [0.2, 0.25) is 0 Å². The average molecular weight is 227 g/mol. The molecule has 1 rings (SSSR count). The normalized spacial score (nSPS) is 32.6. The number of ether oxygens (including phenoxy) is 1. The largest absolute Gasteiger partial charge is 0.377 e. The van der Waals surface area contributed by atoms with E-state index < -0.39 is 0 Å². The number of rotatable bonds is 6.